The number of benzene rings is 2. The largest absolute Gasteiger partial charge is 0.357 e. The molecule has 0 spiro atoms. The first kappa shape index (κ1) is 20.9. The normalized spacial score (nSPS) is 12.3. The molecular formula is C22H28N4O2S. The van der Waals surface area contributed by atoms with Gasteiger partial charge in [-0.2, -0.15) is 0 Å². The summed E-state index contributed by atoms with van der Waals surface area (Å²) in [7, 11) is -3.17. The average Bonchev–Trinajstić information content (AvgIpc) is 3.12. The molecule has 0 atom stereocenters. The van der Waals surface area contributed by atoms with Crippen molar-refractivity contribution in [2.24, 2.45) is 4.99 Å². The summed E-state index contributed by atoms with van der Waals surface area (Å²) in [6.07, 6.45) is 4.32. The van der Waals surface area contributed by atoms with Crippen LogP contribution in [0.1, 0.15) is 18.9 Å². The standard InChI is InChI=1S/C22H28N4O2S/c1-3-23-22(25-17-18-9-11-20(12-10-18)29(2,27)28)24-14-6-15-26-16-13-19-7-4-5-8-21(19)26/h4-5,7-13,16H,3,6,14-15,17H2,1-2H3,(H2,23,24,25). The SMILES string of the molecule is CCNC(=NCc1ccc(S(C)(=O)=O)cc1)NCCCn1ccc2ccccc21. The number of hydrogen-bond donors (Lipinski definition) is 2. The minimum atomic E-state index is -3.17. The van der Waals surface area contributed by atoms with Crippen LogP contribution in [0.4, 0.5) is 0 Å². The van der Waals surface area contributed by atoms with Gasteiger partial charge in [0.15, 0.2) is 15.8 Å². The highest BCUT2D eigenvalue weighted by Crippen LogP contribution is 2.15. The fourth-order valence-corrected chi connectivity index (χ4v) is 3.78. The van der Waals surface area contributed by atoms with Crippen LogP contribution in [0, 0.1) is 0 Å². The van der Waals surface area contributed by atoms with Crippen LogP contribution < -0.4 is 10.6 Å². The topological polar surface area (TPSA) is 75.5 Å². The summed E-state index contributed by atoms with van der Waals surface area (Å²) in [5.74, 6) is 0.761. The van der Waals surface area contributed by atoms with E-state index in [9.17, 15) is 8.42 Å². The van der Waals surface area contributed by atoms with Gasteiger partial charge in [0.25, 0.3) is 0 Å². The van der Waals surface area contributed by atoms with Gasteiger partial charge in [-0.05, 0) is 48.6 Å². The number of fused-ring (bicyclic) bond motifs is 1. The molecule has 7 heteroatoms. The third-order valence-corrected chi connectivity index (χ3v) is 5.79. The Balaban J connectivity index is 1.52. The average molecular weight is 413 g/mol. The zero-order valence-corrected chi connectivity index (χ0v) is 17.7. The second-order valence-electron chi connectivity index (χ2n) is 6.96. The van der Waals surface area contributed by atoms with Gasteiger partial charge in [-0.3, -0.25) is 0 Å². The van der Waals surface area contributed by atoms with Gasteiger partial charge in [0.05, 0.1) is 11.4 Å². The number of rotatable bonds is 8. The van der Waals surface area contributed by atoms with E-state index in [0.717, 1.165) is 37.6 Å². The van der Waals surface area contributed by atoms with E-state index < -0.39 is 9.84 Å². The molecule has 2 aromatic carbocycles. The van der Waals surface area contributed by atoms with Crippen LogP contribution in [0.2, 0.25) is 0 Å². The molecule has 0 aliphatic heterocycles. The minimum absolute atomic E-state index is 0.327. The lowest BCUT2D eigenvalue weighted by molar-refractivity contribution is 0.602. The van der Waals surface area contributed by atoms with Crippen LogP contribution in [0.5, 0.6) is 0 Å². The van der Waals surface area contributed by atoms with E-state index in [0.29, 0.717) is 11.4 Å². The number of nitrogens with one attached hydrogen (secondary N) is 2. The Morgan fingerprint density at radius 3 is 2.52 bits per heavy atom. The van der Waals surface area contributed by atoms with Crippen LogP contribution in [0.25, 0.3) is 10.9 Å². The summed E-state index contributed by atoms with van der Waals surface area (Å²) in [6, 6.07) is 17.4. The Bertz CT molecular complexity index is 1070. The van der Waals surface area contributed by atoms with E-state index in [2.05, 4.69) is 56.7 Å². The first-order chi connectivity index (χ1) is 14.0. The first-order valence-electron chi connectivity index (χ1n) is 9.82. The Kier molecular flexibility index (Phi) is 6.93. The molecule has 1 heterocycles. The summed E-state index contributed by atoms with van der Waals surface area (Å²) in [4.78, 5) is 4.92. The van der Waals surface area contributed by atoms with Crippen LogP contribution in [0.15, 0.2) is 70.7 Å². The number of hydrogen-bond acceptors (Lipinski definition) is 3. The lowest BCUT2D eigenvalue weighted by Crippen LogP contribution is -2.38. The lowest BCUT2D eigenvalue weighted by Gasteiger charge is -2.12. The molecule has 0 saturated heterocycles. The fourth-order valence-electron chi connectivity index (χ4n) is 3.15. The van der Waals surface area contributed by atoms with Gasteiger partial charge in [-0.15, -0.1) is 0 Å². The van der Waals surface area contributed by atoms with Gasteiger partial charge < -0.3 is 15.2 Å². The number of nitrogens with zero attached hydrogens (tertiary/aromatic N) is 2. The molecule has 29 heavy (non-hydrogen) atoms. The number of aliphatic imine (C=N–C) groups is 1. The van der Waals surface area contributed by atoms with Crippen molar-refractivity contribution in [2.75, 3.05) is 19.3 Å². The molecule has 2 N–H and O–H groups in total. The van der Waals surface area contributed by atoms with Crippen molar-refractivity contribution < 1.29 is 8.42 Å². The van der Waals surface area contributed by atoms with Gasteiger partial charge >= 0.3 is 0 Å². The van der Waals surface area contributed by atoms with Crippen molar-refractivity contribution in [3.05, 3.63) is 66.4 Å². The van der Waals surface area contributed by atoms with Gasteiger partial charge in [-0.1, -0.05) is 30.3 Å². The van der Waals surface area contributed by atoms with Gasteiger partial charge in [-0.25, -0.2) is 13.4 Å². The minimum Gasteiger partial charge on any atom is -0.357 e. The van der Waals surface area contributed by atoms with Gasteiger partial charge in [0.1, 0.15) is 0 Å². The second kappa shape index (κ2) is 9.60. The van der Waals surface area contributed by atoms with Crippen molar-refractivity contribution in [1.82, 2.24) is 15.2 Å². The van der Waals surface area contributed by atoms with E-state index >= 15 is 0 Å². The van der Waals surface area contributed by atoms with Crippen LogP contribution in [0.3, 0.4) is 0 Å². The maximum absolute atomic E-state index is 11.6. The molecule has 1 aromatic heterocycles. The number of para-hydroxylation sites is 1. The second-order valence-corrected chi connectivity index (χ2v) is 8.98. The van der Waals surface area contributed by atoms with E-state index in [1.54, 1.807) is 24.3 Å². The molecule has 0 aliphatic carbocycles. The smallest absolute Gasteiger partial charge is 0.191 e. The van der Waals surface area contributed by atoms with Crippen molar-refractivity contribution in [2.45, 2.75) is 31.3 Å². The van der Waals surface area contributed by atoms with Crippen LogP contribution >= 0.6 is 0 Å². The molecule has 0 unspecified atom stereocenters. The van der Waals surface area contributed by atoms with E-state index in [1.165, 1.54) is 17.2 Å². The molecular weight excluding hydrogens is 384 g/mol. The van der Waals surface area contributed by atoms with Crippen LogP contribution in [-0.2, 0) is 22.9 Å². The Labute approximate surface area is 172 Å². The summed E-state index contributed by atoms with van der Waals surface area (Å²) in [6.45, 7) is 5.05. The number of sulfone groups is 1. The third-order valence-electron chi connectivity index (χ3n) is 4.66. The molecule has 0 radical (unpaired) electrons. The highest BCUT2D eigenvalue weighted by Gasteiger charge is 2.06. The first-order valence-corrected chi connectivity index (χ1v) is 11.7. The molecule has 154 valence electrons. The van der Waals surface area contributed by atoms with E-state index in [4.69, 9.17) is 0 Å². The third kappa shape index (κ3) is 5.84. The molecule has 0 saturated carbocycles. The molecule has 3 rings (SSSR count). The maximum atomic E-state index is 11.6. The molecule has 0 fully saturated rings. The summed E-state index contributed by atoms with van der Waals surface area (Å²) < 4.78 is 25.4. The molecule has 0 amide bonds. The summed E-state index contributed by atoms with van der Waals surface area (Å²) in [5.41, 5.74) is 2.22. The number of aromatic nitrogens is 1. The number of aryl methyl sites for hydroxylation is 1. The highest BCUT2D eigenvalue weighted by atomic mass is 32.2. The zero-order valence-electron chi connectivity index (χ0n) is 16.9. The Morgan fingerprint density at radius 2 is 1.79 bits per heavy atom. The Hall–Kier alpha value is -2.80. The molecule has 0 aliphatic rings. The van der Waals surface area contributed by atoms with Crippen molar-refractivity contribution in [1.29, 1.82) is 0 Å². The molecule has 0 bridgehead atoms. The van der Waals surface area contributed by atoms with Gasteiger partial charge in [0, 0.05) is 37.6 Å². The van der Waals surface area contributed by atoms with Crippen molar-refractivity contribution in [3.8, 4) is 0 Å². The molecule has 3 aromatic rings. The Morgan fingerprint density at radius 1 is 1.03 bits per heavy atom. The van der Waals surface area contributed by atoms with E-state index in [-0.39, 0.29) is 0 Å². The summed E-state index contributed by atoms with van der Waals surface area (Å²) in [5, 5.41) is 7.88. The zero-order chi connectivity index (χ0) is 20.7. The highest BCUT2D eigenvalue weighted by molar-refractivity contribution is 7.90. The maximum Gasteiger partial charge on any atom is 0.191 e. The van der Waals surface area contributed by atoms with Crippen molar-refractivity contribution >= 4 is 26.7 Å². The van der Waals surface area contributed by atoms with Crippen molar-refractivity contribution in [3.63, 3.8) is 0 Å². The molecule has 6 nitrogen and oxygen atoms in total. The number of guanidine groups is 1. The predicted octanol–water partition coefficient (Wildman–Crippen LogP) is 3.19. The predicted molar refractivity (Wildman–Crippen MR) is 119 cm³/mol. The van der Waals surface area contributed by atoms with E-state index in [1.807, 2.05) is 6.92 Å². The lowest BCUT2D eigenvalue weighted by atomic mass is 10.2. The van der Waals surface area contributed by atoms with Crippen LogP contribution in [-0.4, -0.2) is 38.3 Å². The fraction of sp³-hybridized carbons (Fsp3) is 0.318. The van der Waals surface area contributed by atoms with Gasteiger partial charge in [0.2, 0.25) is 0 Å². The summed E-state index contributed by atoms with van der Waals surface area (Å²) >= 11 is 0. The monoisotopic (exact) mass is 412 g/mol. The quantitative estimate of drug-likeness (QED) is 0.338.